The average Bonchev–Trinajstić information content (AvgIpc) is 3.44. The fourth-order valence-corrected chi connectivity index (χ4v) is 6.82. The summed E-state index contributed by atoms with van der Waals surface area (Å²) in [6.45, 7) is 4.68. The number of methoxy groups -OCH3 is 1. The molecule has 6 rings (SSSR count). The Hall–Kier alpha value is -4.20. The maximum atomic E-state index is 14.1. The second-order valence-electron chi connectivity index (χ2n) is 9.93. The molecule has 1 atom stereocenters. The Kier molecular flexibility index (Phi) is 7.24. The van der Waals surface area contributed by atoms with Crippen LogP contribution in [0.3, 0.4) is 0 Å². The molecular formula is C33H28ClN3O3S. The molecule has 0 radical (unpaired) electrons. The lowest BCUT2D eigenvalue weighted by Crippen LogP contribution is -2.40. The summed E-state index contributed by atoms with van der Waals surface area (Å²) >= 11 is 7.62. The molecular weight excluding hydrogens is 554 g/mol. The molecule has 5 aromatic rings. The van der Waals surface area contributed by atoms with Crippen LogP contribution in [-0.4, -0.2) is 22.2 Å². The topological polar surface area (TPSA) is 65.6 Å². The highest BCUT2D eigenvalue weighted by molar-refractivity contribution is 7.07. The zero-order valence-electron chi connectivity index (χ0n) is 22.9. The third kappa shape index (κ3) is 4.75. The van der Waals surface area contributed by atoms with Gasteiger partial charge in [0.15, 0.2) is 4.80 Å². The number of benzene rings is 3. The minimum Gasteiger partial charge on any atom is -0.466 e. The van der Waals surface area contributed by atoms with Gasteiger partial charge >= 0.3 is 5.97 Å². The van der Waals surface area contributed by atoms with E-state index in [-0.39, 0.29) is 5.56 Å². The zero-order valence-corrected chi connectivity index (χ0v) is 24.5. The van der Waals surface area contributed by atoms with E-state index in [1.54, 1.807) is 4.57 Å². The van der Waals surface area contributed by atoms with Gasteiger partial charge in [-0.2, -0.15) is 0 Å². The Morgan fingerprint density at radius 3 is 2.56 bits per heavy atom. The van der Waals surface area contributed by atoms with E-state index in [0.29, 0.717) is 38.6 Å². The first kappa shape index (κ1) is 27.0. The van der Waals surface area contributed by atoms with E-state index >= 15 is 0 Å². The minimum atomic E-state index is -0.623. The monoisotopic (exact) mass is 581 g/mol. The standard InChI is InChI=1S/C33H28ClN3O3S/c1-4-26-29(32(39)40-3)30(22-12-6-5-7-13-22)37-31(38)28(41-33(37)35-26)18-25-20(2)36(27-16-9-8-15-24(25)27)19-21-11-10-14-23(34)17-21/h5-18,30H,4,19H2,1-3H3/b28-18+/t30-/m0/s1. The molecule has 2 aromatic heterocycles. The van der Waals surface area contributed by atoms with Crippen LogP contribution in [-0.2, 0) is 16.1 Å². The number of hydrogen-bond donors (Lipinski definition) is 0. The Morgan fingerprint density at radius 1 is 1.07 bits per heavy atom. The molecule has 41 heavy (non-hydrogen) atoms. The van der Waals surface area contributed by atoms with E-state index in [1.165, 1.54) is 18.4 Å². The number of halogens is 1. The van der Waals surface area contributed by atoms with Gasteiger partial charge in [-0.15, -0.1) is 0 Å². The number of allylic oxidation sites excluding steroid dienone is 1. The second-order valence-corrected chi connectivity index (χ2v) is 11.4. The lowest BCUT2D eigenvalue weighted by atomic mass is 9.95. The molecule has 3 aromatic carbocycles. The summed E-state index contributed by atoms with van der Waals surface area (Å²) in [5, 5.41) is 1.76. The van der Waals surface area contributed by atoms with E-state index < -0.39 is 12.0 Å². The molecule has 1 aliphatic rings. The van der Waals surface area contributed by atoms with Crippen LogP contribution in [0, 0.1) is 6.92 Å². The number of aromatic nitrogens is 2. The van der Waals surface area contributed by atoms with Gasteiger partial charge in [-0.25, -0.2) is 9.79 Å². The fourth-order valence-electron chi connectivity index (χ4n) is 5.61. The van der Waals surface area contributed by atoms with Gasteiger partial charge < -0.3 is 9.30 Å². The second kappa shape index (κ2) is 11.0. The highest BCUT2D eigenvalue weighted by Gasteiger charge is 2.33. The van der Waals surface area contributed by atoms with Gasteiger partial charge in [0, 0.05) is 33.7 Å². The van der Waals surface area contributed by atoms with Gasteiger partial charge in [0.05, 0.1) is 29.0 Å². The van der Waals surface area contributed by atoms with Gasteiger partial charge in [0.25, 0.3) is 5.56 Å². The summed E-state index contributed by atoms with van der Waals surface area (Å²) in [5.41, 5.74) is 5.86. The molecule has 0 saturated heterocycles. The molecule has 0 spiro atoms. The minimum absolute atomic E-state index is 0.190. The SMILES string of the molecule is CCC1=C(C(=O)OC)[C@H](c2ccccc2)n2c(s/c(=C/c3c(C)n(Cc4cccc(Cl)c4)c4ccccc34)c2=O)=N1. The van der Waals surface area contributed by atoms with Crippen molar-refractivity contribution >= 4 is 45.9 Å². The van der Waals surface area contributed by atoms with Gasteiger partial charge in [0.2, 0.25) is 0 Å². The summed E-state index contributed by atoms with van der Waals surface area (Å²) in [7, 11) is 1.36. The van der Waals surface area contributed by atoms with Crippen LogP contribution in [0.2, 0.25) is 5.02 Å². The van der Waals surface area contributed by atoms with Crippen molar-refractivity contribution in [1.82, 2.24) is 9.13 Å². The number of esters is 1. The Morgan fingerprint density at radius 2 is 1.83 bits per heavy atom. The summed E-state index contributed by atoms with van der Waals surface area (Å²) in [4.78, 5) is 32.5. The summed E-state index contributed by atoms with van der Waals surface area (Å²) in [6, 6.07) is 25.0. The van der Waals surface area contributed by atoms with Crippen molar-refractivity contribution in [3.05, 3.63) is 137 Å². The number of para-hydroxylation sites is 1. The van der Waals surface area contributed by atoms with Crippen molar-refractivity contribution < 1.29 is 9.53 Å². The quantitative estimate of drug-likeness (QED) is 0.239. The van der Waals surface area contributed by atoms with E-state index in [9.17, 15) is 9.59 Å². The summed E-state index contributed by atoms with van der Waals surface area (Å²) < 4.78 is 9.61. The molecule has 3 heterocycles. The number of carbonyl (C=O) groups is 1. The van der Waals surface area contributed by atoms with Crippen LogP contribution in [0.25, 0.3) is 17.0 Å². The van der Waals surface area contributed by atoms with Crippen LogP contribution in [0.15, 0.2) is 99.9 Å². The Balaban J connectivity index is 1.57. The zero-order chi connectivity index (χ0) is 28.7. The molecule has 0 aliphatic carbocycles. The molecule has 0 amide bonds. The van der Waals surface area contributed by atoms with Crippen molar-refractivity contribution in [2.75, 3.05) is 7.11 Å². The number of hydrogen-bond acceptors (Lipinski definition) is 5. The summed E-state index contributed by atoms with van der Waals surface area (Å²) in [5.74, 6) is -0.478. The Labute approximate surface area is 246 Å². The molecule has 0 bridgehead atoms. The average molecular weight is 582 g/mol. The van der Waals surface area contributed by atoms with E-state index in [0.717, 1.165) is 33.3 Å². The number of nitrogens with zero attached hydrogens (tertiary/aromatic N) is 3. The van der Waals surface area contributed by atoms with Gasteiger partial charge in [0.1, 0.15) is 0 Å². The molecule has 0 N–H and O–H groups in total. The predicted octanol–water partition coefficient (Wildman–Crippen LogP) is 5.76. The highest BCUT2D eigenvalue weighted by Crippen LogP contribution is 2.32. The molecule has 206 valence electrons. The molecule has 1 aliphatic heterocycles. The van der Waals surface area contributed by atoms with Crippen molar-refractivity contribution in [2.24, 2.45) is 4.99 Å². The number of carbonyl (C=O) groups excluding carboxylic acids is 1. The number of fused-ring (bicyclic) bond motifs is 2. The number of ether oxygens (including phenoxy) is 1. The van der Waals surface area contributed by atoms with Crippen LogP contribution < -0.4 is 14.9 Å². The third-order valence-electron chi connectivity index (χ3n) is 7.55. The van der Waals surface area contributed by atoms with Crippen molar-refractivity contribution in [3.8, 4) is 0 Å². The maximum absolute atomic E-state index is 14.1. The molecule has 0 saturated carbocycles. The van der Waals surface area contributed by atoms with E-state index in [4.69, 9.17) is 21.3 Å². The van der Waals surface area contributed by atoms with Crippen molar-refractivity contribution in [3.63, 3.8) is 0 Å². The van der Waals surface area contributed by atoms with Crippen LogP contribution >= 0.6 is 22.9 Å². The first-order chi connectivity index (χ1) is 19.9. The summed E-state index contributed by atoms with van der Waals surface area (Å²) in [6.07, 6.45) is 2.50. The number of thiazole rings is 1. The van der Waals surface area contributed by atoms with E-state index in [2.05, 4.69) is 29.7 Å². The molecule has 8 heteroatoms. The third-order valence-corrected chi connectivity index (χ3v) is 8.77. The van der Waals surface area contributed by atoms with Crippen molar-refractivity contribution in [2.45, 2.75) is 32.9 Å². The van der Waals surface area contributed by atoms with E-state index in [1.807, 2.05) is 73.7 Å². The first-order valence-electron chi connectivity index (χ1n) is 13.4. The highest BCUT2D eigenvalue weighted by atomic mass is 35.5. The van der Waals surface area contributed by atoms with Crippen LogP contribution in [0.1, 0.15) is 41.8 Å². The van der Waals surface area contributed by atoms with Gasteiger partial charge in [-0.1, -0.05) is 90.5 Å². The largest absolute Gasteiger partial charge is 0.466 e. The van der Waals surface area contributed by atoms with Gasteiger partial charge in [-0.05, 0) is 48.7 Å². The van der Waals surface area contributed by atoms with Gasteiger partial charge in [-0.3, -0.25) is 9.36 Å². The van der Waals surface area contributed by atoms with Crippen LogP contribution in [0.5, 0.6) is 0 Å². The normalized spacial score (nSPS) is 15.2. The smallest absolute Gasteiger partial charge is 0.338 e. The Bertz CT molecular complexity index is 2020. The lowest BCUT2D eigenvalue weighted by molar-refractivity contribution is -0.136. The molecule has 0 fully saturated rings. The molecule has 0 unspecified atom stereocenters. The van der Waals surface area contributed by atoms with Crippen molar-refractivity contribution in [1.29, 1.82) is 0 Å². The number of rotatable bonds is 6. The molecule has 6 nitrogen and oxygen atoms in total. The van der Waals surface area contributed by atoms with Crippen LogP contribution in [0.4, 0.5) is 0 Å². The maximum Gasteiger partial charge on any atom is 0.338 e. The first-order valence-corrected chi connectivity index (χ1v) is 14.6. The fraction of sp³-hybridized carbons (Fsp3) is 0.182. The predicted molar refractivity (Wildman–Crippen MR) is 164 cm³/mol. The lowest BCUT2D eigenvalue weighted by Gasteiger charge is -2.25.